The predicted molar refractivity (Wildman–Crippen MR) is 76.9 cm³/mol. The molecule has 0 fully saturated rings. The Kier molecular flexibility index (Phi) is 3.48. The molecule has 0 saturated carbocycles. The van der Waals surface area contributed by atoms with Crippen molar-refractivity contribution in [3.05, 3.63) is 29.2 Å². The first-order valence-electron chi connectivity index (χ1n) is 6.17. The second-order valence-corrected chi connectivity index (χ2v) is 4.94. The summed E-state index contributed by atoms with van der Waals surface area (Å²) < 4.78 is 10.9. The maximum atomic E-state index is 11.8. The summed E-state index contributed by atoms with van der Waals surface area (Å²) in [7, 11) is 0. The third kappa shape index (κ3) is 2.55. The van der Waals surface area contributed by atoms with Gasteiger partial charge in [-0.25, -0.2) is 19.4 Å². The molecule has 0 spiro atoms. The van der Waals surface area contributed by atoms with E-state index in [0.29, 0.717) is 34.7 Å². The summed E-state index contributed by atoms with van der Waals surface area (Å²) in [6, 6.07) is 0. The van der Waals surface area contributed by atoms with Crippen LogP contribution in [-0.4, -0.2) is 36.7 Å². The number of carbonyl (C=O) groups is 1. The summed E-state index contributed by atoms with van der Waals surface area (Å²) in [5, 5.41) is 6.52. The molecule has 0 aromatic carbocycles. The van der Waals surface area contributed by atoms with E-state index in [0.717, 1.165) is 0 Å². The van der Waals surface area contributed by atoms with Gasteiger partial charge in [-0.3, -0.25) is 0 Å². The molecule has 0 amide bonds. The van der Waals surface area contributed by atoms with Crippen molar-refractivity contribution in [3.63, 3.8) is 0 Å². The molecule has 0 saturated heterocycles. The highest BCUT2D eigenvalue weighted by Gasteiger charge is 2.13. The molecule has 0 atom stereocenters. The van der Waals surface area contributed by atoms with Crippen molar-refractivity contribution in [2.45, 2.75) is 13.5 Å². The van der Waals surface area contributed by atoms with Gasteiger partial charge in [-0.15, -0.1) is 0 Å². The average molecular weight is 304 g/mol. The summed E-state index contributed by atoms with van der Waals surface area (Å²) >= 11 is 1.23. The fourth-order valence-electron chi connectivity index (χ4n) is 1.87. The van der Waals surface area contributed by atoms with Crippen LogP contribution in [0.1, 0.15) is 16.1 Å². The lowest BCUT2D eigenvalue weighted by molar-refractivity contribution is 0.0488. The number of nitrogen functional groups attached to an aromatic ring is 1. The molecule has 3 rings (SSSR count). The molecule has 2 N–H and O–H groups in total. The fraction of sp³-hybridized carbons (Fsp3) is 0.250. The highest BCUT2D eigenvalue weighted by Crippen LogP contribution is 2.15. The van der Waals surface area contributed by atoms with Crippen molar-refractivity contribution in [2.24, 2.45) is 0 Å². The number of carbonyl (C=O) groups excluding carboxylic acids is 1. The Morgan fingerprint density at radius 2 is 2.33 bits per heavy atom. The number of ether oxygens (including phenoxy) is 1. The Bertz CT molecular complexity index is 796. The highest BCUT2D eigenvalue weighted by atomic mass is 32.1. The summed E-state index contributed by atoms with van der Waals surface area (Å²) in [6.07, 6.45) is 2.97. The average Bonchev–Trinajstić information content (AvgIpc) is 3.06. The minimum absolute atomic E-state index is 0.189. The van der Waals surface area contributed by atoms with Gasteiger partial charge in [-0.1, -0.05) is 0 Å². The van der Waals surface area contributed by atoms with Crippen LogP contribution in [0.15, 0.2) is 17.9 Å². The van der Waals surface area contributed by atoms with Gasteiger partial charge in [-0.05, 0) is 18.5 Å². The van der Waals surface area contributed by atoms with Crippen molar-refractivity contribution in [3.8, 4) is 0 Å². The fourth-order valence-corrected chi connectivity index (χ4v) is 2.55. The lowest BCUT2D eigenvalue weighted by atomic mass is 10.3. The first-order valence-corrected chi connectivity index (χ1v) is 7.00. The molecule has 0 aliphatic rings. The molecule has 0 bridgehead atoms. The van der Waals surface area contributed by atoms with Crippen LogP contribution in [0.2, 0.25) is 0 Å². The summed E-state index contributed by atoms with van der Waals surface area (Å²) in [6.45, 7) is 2.35. The number of hydrogen-bond acceptors (Lipinski definition) is 8. The summed E-state index contributed by atoms with van der Waals surface area (Å²) in [5.74, 6) is -0.00457. The smallest absolute Gasteiger partial charge is 0.340 e. The van der Waals surface area contributed by atoms with Gasteiger partial charge in [-0.2, -0.15) is 9.47 Å². The van der Waals surface area contributed by atoms with Crippen molar-refractivity contribution >= 4 is 34.4 Å². The van der Waals surface area contributed by atoms with Crippen molar-refractivity contribution in [2.75, 3.05) is 12.3 Å². The van der Waals surface area contributed by atoms with E-state index in [4.69, 9.17) is 10.5 Å². The first kappa shape index (κ1) is 13.4. The van der Waals surface area contributed by atoms with Crippen LogP contribution >= 0.6 is 11.5 Å². The second kappa shape index (κ2) is 5.44. The molecule has 0 radical (unpaired) electrons. The van der Waals surface area contributed by atoms with Crippen molar-refractivity contribution in [1.82, 2.24) is 24.1 Å². The Labute approximate surface area is 123 Å². The minimum atomic E-state index is -0.383. The number of aryl methyl sites for hydroxylation is 1. The van der Waals surface area contributed by atoms with Crippen LogP contribution in [0.3, 0.4) is 0 Å². The van der Waals surface area contributed by atoms with E-state index < -0.39 is 0 Å². The van der Waals surface area contributed by atoms with E-state index in [1.165, 1.54) is 17.9 Å². The molecule has 0 aliphatic carbocycles. The number of aromatic nitrogens is 5. The number of rotatable bonds is 4. The number of nitrogens with two attached hydrogens (primary N) is 1. The Hall–Kier alpha value is -2.55. The van der Waals surface area contributed by atoms with Gasteiger partial charge < -0.3 is 10.5 Å². The zero-order valence-electron chi connectivity index (χ0n) is 11.2. The Morgan fingerprint density at radius 1 is 1.48 bits per heavy atom. The molecule has 9 heteroatoms. The van der Waals surface area contributed by atoms with Crippen molar-refractivity contribution in [1.29, 1.82) is 0 Å². The maximum Gasteiger partial charge on any atom is 0.340 e. The lowest BCUT2D eigenvalue weighted by Gasteiger charge is -2.05. The van der Waals surface area contributed by atoms with E-state index in [1.54, 1.807) is 23.2 Å². The number of fused-ring (bicyclic) bond motifs is 1. The minimum Gasteiger partial charge on any atom is -0.460 e. The van der Waals surface area contributed by atoms with E-state index >= 15 is 0 Å². The van der Waals surface area contributed by atoms with E-state index in [1.807, 2.05) is 0 Å². The quantitative estimate of drug-likeness (QED) is 0.717. The van der Waals surface area contributed by atoms with Gasteiger partial charge in [0, 0.05) is 5.38 Å². The summed E-state index contributed by atoms with van der Waals surface area (Å²) in [4.78, 5) is 19.9. The molecule has 108 valence electrons. The number of anilines is 1. The topological polar surface area (TPSA) is 109 Å². The summed E-state index contributed by atoms with van der Waals surface area (Å²) in [5.41, 5.74) is 7.52. The Morgan fingerprint density at radius 3 is 3.10 bits per heavy atom. The lowest BCUT2D eigenvalue weighted by Crippen LogP contribution is -2.13. The number of esters is 1. The maximum absolute atomic E-state index is 11.8. The zero-order valence-corrected chi connectivity index (χ0v) is 12.0. The molecule has 3 aromatic heterocycles. The van der Waals surface area contributed by atoms with E-state index in [-0.39, 0.29) is 12.6 Å². The molecule has 8 nitrogen and oxygen atoms in total. The van der Waals surface area contributed by atoms with Crippen LogP contribution in [0.4, 0.5) is 5.82 Å². The van der Waals surface area contributed by atoms with Crippen LogP contribution in [0.25, 0.3) is 11.0 Å². The van der Waals surface area contributed by atoms with Crippen LogP contribution in [0.5, 0.6) is 0 Å². The van der Waals surface area contributed by atoms with E-state index in [9.17, 15) is 4.79 Å². The van der Waals surface area contributed by atoms with Gasteiger partial charge in [0.1, 0.15) is 18.8 Å². The largest absolute Gasteiger partial charge is 0.460 e. The van der Waals surface area contributed by atoms with Crippen LogP contribution in [-0.2, 0) is 11.3 Å². The number of nitrogens with zero attached hydrogens (tertiary/aromatic N) is 5. The highest BCUT2D eigenvalue weighted by molar-refractivity contribution is 7.03. The second-order valence-electron chi connectivity index (χ2n) is 4.31. The third-order valence-electron chi connectivity index (χ3n) is 2.97. The van der Waals surface area contributed by atoms with Gasteiger partial charge in [0.05, 0.1) is 29.4 Å². The SMILES string of the molecule is Cc1nscc1C(=O)OCCn1ncc2c(N)ncnc21. The van der Waals surface area contributed by atoms with Gasteiger partial charge in [0.2, 0.25) is 0 Å². The van der Waals surface area contributed by atoms with Gasteiger partial charge in [0.15, 0.2) is 5.65 Å². The monoisotopic (exact) mass is 304 g/mol. The molecule has 21 heavy (non-hydrogen) atoms. The van der Waals surface area contributed by atoms with E-state index in [2.05, 4.69) is 19.4 Å². The van der Waals surface area contributed by atoms with Crippen molar-refractivity contribution < 1.29 is 9.53 Å². The van der Waals surface area contributed by atoms with Crippen LogP contribution < -0.4 is 5.73 Å². The molecule has 0 aliphatic heterocycles. The van der Waals surface area contributed by atoms with Gasteiger partial charge >= 0.3 is 5.97 Å². The normalized spacial score (nSPS) is 10.9. The zero-order chi connectivity index (χ0) is 14.8. The molecular formula is C12H12N6O2S. The first-order chi connectivity index (χ1) is 10.2. The van der Waals surface area contributed by atoms with Crippen LogP contribution in [0, 0.1) is 6.92 Å². The Balaban J connectivity index is 1.66. The predicted octanol–water partition coefficient (Wildman–Crippen LogP) is 1.03. The number of hydrogen-bond donors (Lipinski definition) is 1. The molecule has 3 heterocycles. The molecular weight excluding hydrogens is 292 g/mol. The van der Waals surface area contributed by atoms with Gasteiger partial charge in [0.25, 0.3) is 0 Å². The third-order valence-corrected chi connectivity index (χ3v) is 3.69. The molecule has 0 unspecified atom stereocenters. The standard InChI is InChI=1S/C12H12N6O2S/c1-7-9(5-21-17-7)12(19)20-3-2-18-11-8(4-16-18)10(13)14-6-15-11/h4-6H,2-3H2,1H3,(H2,13,14,15). The molecule has 3 aromatic rings.